The van der Waals surface area contributed by atoms with Gasteiger partial charge >= 0.3 is 0 Å². The standard InChI is InChI=1S/C18H21ClN4O2/c1-22-17(24)10-16(12-21-22)23-7-5-14(6-8-23)18(25)20-11-13-3-2-4-15(19)9-13/h2-4,9-10,12,14H,5-8,11H2,1H3,(H,20,25). The number of anilines is 1. The molecule has 0 aliphatic carbocycles. The summed E-state index contributed by atoms with van der Waals surface area (Å²) in [5.41, 5.74) is 1.68. The predicted molar refractivity (Wildman–Crippen MR) is 97.7 cm³/mol. The highest BCUT2D eigenvalue weighted by molar-refractivity contribution is 6.30. The van der Waals surface area contributed by atoms with Gasteiger partial charge in [-0.15, -0.1) is 0 Å². The van der Waals surface area contributed by atoms with Crippen LogP contribution in [0, 0.1) is 5.92 Å². The molecule has 2 aromatic rings. The van der Waals surface area contributed by atoms with Gasteiger partial charge in [0.05, 0.1) is 11.9 Å². The van der Waals surface area contributed by atoms with Crippen molar-refractivity contribution in [1.82, 2.24) is 15.1 Å². The van der Waals surface area contributed by atoms with Crippen LogP contribution in [0.3, 0.4) is 0 Å². The Hall–Kier alpha value is -2.34. The molecule has 2 heterocycles. The average molecular weight is 361 g/mol. The third-order valence-electron chi connectivity index (χ3n) is 4.54. The summed E-state index contributed by atoms with van der Waals surface area (Å²) >= 11 is 5.96. The van der Waals surface area contributed by atoms with Crippen molar-refractivity contribution in [1.29, 1.82) is 0 Å². The highest BCUT2D eigenvalue weighted by atomic mass is 35.5. The van der Waals surface area contributed by atoms with Gasteiger partial charge in [0.1, 0.15) is 0 Å². The SMILES string of the molecule is Cn1ncc(N2CCC(C(=O)NCc3cccc(Cl)c3)CC2)cc1=O. The molecule has 6 nitrogen and oxygen atoms in total. The van der Waals surface area contributed by atoms with Gasteiger partial charge in [-0.1, -0.05) is 23.7 Å². The van der Waals surface area contributed by atoms with Crippen LogP contribution in [0.4, 0.5) is 5.69 Å². The van der Waals surface area contributed by atoms with Gasteiger partial charge in [0.25, 0.3) is 5.56 Å². The van der Waals surface area contributed by atoms with E-state index in [1.165, 1.54) is 4.68 Å². The van der Waals surface area contributed by atoms with Gasteiger partial charge in [-0.2, -0.15) is 5.10 Å². The predicted octanol–water partition coefficient (Wildman–Crippen LogP) is 1.97. The smallest absolute Gasteiger partial charge is 0.268 e. The van der Waals surface area contributed by atoms with E-state index in [-0.39, 0.29) is 17.4 Å². The number of nitrogens with zero attached hydrogens (tertiary/aromatic N) is 3. The molecule has 7 heteroatoms. The summed E-state index contributed by atoms with van der Waals surface area (Å²) < 4.78 is 1.31. The Bertz CT molecular complexity index is 813. The van der Waals surface area contributed by atoms with Crippen molar-refractivity contribution < 1.29 is 4.79 Å². The van der Waals surface area contributed by atoms with Gasteiger partial charge < -0.3 is 10.2 Å². The first-order valence-electron chi connectivity index (χ1n) is 8.33. The van der Waals surface area contributed by atoms with E-state index in [1.807, 2.05) is 24.3 Å². The fraction of sp³-hybridized carbons (Fsp3) is 0.389. The molecule has 25 heavy (non-hydrogen) atoms. The molecule has 1 saturated heterocycles. The first kappa shape index (κ1) is 17.5. The number of halogens is 1. The topological polar surface area (TPSA) is 67.2 Å². The van der Waals surface area contributed by atoms with Gasteiger partial charge in [0.2, 0.25) is 5.91 Å². The van der Waals surface area contributed by atoms with E-state index in [4.69, 9.17) is 11.6 Å². The van der Waals surface area contributed by atoms with Crippen molar-refractivity contribution in [3.63, 3.8) is 0 Å². The van der Waals surface area contributed by atoms with Gasteiger partial charge in [-0.3, -0.25) is 9.59 Å². The molecule has 0 unspecified atom stereocenters. The fourth-order valence-corrected chi connectivity index (χ4v) is 3.23. The van der Waals surface area contributed by atoms with Crippen LogP contribution in [0.25, 0.3) is 0 Å². The number of carbonyl (C=O) groups excluding carboxylic acids is 1. The highest BCUT2D eigenvalue weighted by Crippen LogP contribution is 2.22. The molecule has 0 atom stereocenters. The van der Waals surface area contributed by atoms with Crippen molar-refractivity contribution in [3.8, 4) is 0 Å². The summed E-state index contributed by atoms with van der Waals surface area (Å²) in [6, 6.07) is 9.08. The molecule has 1 aromatic carbocycles. The van der Waals surface area contributed by atoms with E-state index in [0.717, 1.165) is 37.2 Å². The quantitative estimate of drug-likeness (QED) is 0.905. The van der Waals surface area contributed by atoms with Crippen molar-refractivity contribution in [2.75, 3.05) is 18.0 Å². The fourth-order valence-electron chi connectivity index (χ4n) is 3.01. The van der Waals surface area contributed by atoms with E-state index in [1.54, 1.807) is 19.3 Å². The van der Waals surface area contributed by atoms with Crippen molar-refractivity contribution in [3.05, 3.63) is 57.5 Å². The second-order valence-electron chi connectivity index (χ2n) is 6.28. The minimum Gasteiger partial charge on any atom is -0.370 e. The van der Waals surface area contributed by atoms with Crippen LogP contribution in [-0.4, -0.2) is 28.8 Å². The maximum atomic E-state index is 12.4. The molecule has 1 fully saturated rings. The molecular weight excluding hydrogens is 340 g/mol. The molecule has 0 saturated carbocycles. The Morgan fingerprint density at radius 1 is 1.32 bits per heavy atom. The lowest BCUT2D eigenvalue weighted by Gasteiger charge is -2.32. The van der Waals surface area contributed by atoms with Crippen LogP contribution in [0.15, 0.2) is 41.3 Å². The van der Waals surface area contributed by atoms with E-state index in [0.29, 0.717) is 11.6 Å². The maximum Gasteiger partial charge on any atom is 0.268 e. The Kier molecular flexibility index (Phi) is 5.38. The summed E-state index contributed by atoms with van der Waals surface area (Å²) in [6.45, 7) is 1.96. The number of amides is 1. The molecule has 1 aliphatic rings. The minimum atomic E-state index is -0.126. The van der Waals surface area contributed by atoms with Crippen molar-refractivity contribution >= 4 is 23.2 Å². The van der Waals surface area contributed by atoms with Crippen LogP contribution in [0.2, 0.25) is 5.02 Å². The number of hydrogen-bond acceptors (Lipinski definition) is 4. The van der Waals surface area contributed by atoms with Crippen LogP contribution >= 0.6 is 11.6 Å². The number of aryl methyl sites for hydroxylation is 1. The lowest BCUT2D eigenvalue weighted by atomic mass is 9.95. The zero-order valence-corrected chi connectivity index (χ0v) is 14.9. The number of hydrogen-bond donors (Lipinski definition) is 1. The third-order valence-corrected chi connectivity index (χ3v) is 4.78. The van der Waals surface area contributed by atoms with Crippen LogP contribution in [0.1, 0.15) is 18.4 Å². The molecule has 1 aliphatic heterocycles. The Morgan fingerprint density at radius 3 is 2.76 bits per heavy atom. The van der Waals surface area contributed by atoms with Gasteiger partial charge in [-0.25, -0.2) is 4.68 Å². The van der Waals surface area contributed by atoms with Gasteiger partial charge in [-0.05, 0) is 30.5 Å². The van der Waals surface area contributed by atoms with E-state index < -0.39 is 0 Å². The maximum absolute atomic E-state index is 12.4. The molecule has 0 radical (unpaired) electrons. The number of aromatic nitrogens is 2. The monoisotopic (exact) mass is 360 g/mol. The van der Waals surface area contributed by atoms with Crippen LogP contribution < -0.4 is 15.8 Å². The Balaban J connectivity index is 1.52. The Labute approximate surface area is 151 Å². The summed E-state index contributed by atoms with van der Waals surface area (Å²) in [6.07, 6.45) is 3.22. The summed E-state index contributed by atoms with van der Waals surface area (Å²) in [5, 5.41) is 7.70. The molecular formula is C18H21ClN4O2. The lowest BCUT2D eigenvalue weighted by Crippen LogP contribution is -2.40. The summed E-state index contributed by atoms with van der Waals surface area (Å²) in [7, 11) is 1.63. The molecule has 132 valence electrons. The number of nitrogens with one attached hydrogen (secondary N) is 1. The van der Waals surface area contributed by atoms with Crippen LogP contribution in [0.5, 0.6) is 0 Å². The van der Waals surface area contributed by atoms with Crippen LogP contribution in [-0.2, 0) is 18.4 Å². The van der Waals surface area contributed by atoms with E-state index in [9.17, 15) is 9.59 Å². The molecule has 0 bridgehead atoms. The largest absolute Gasteiger partial charge is 0.370 e. The second kappa shape index (κ2) is 7.70. The number of piperidine rings is 1. The first-order chi connectivity index (χ1) is 12.0. The van der Waals surface area contributed by atoms with Gasteiger partial charge in [0, 0.05) is 43.7 Å². The summed E-state index contributed by atoms with van der Waals surface area (Å²) in [4.78, 5) is 26.2. The minimum absolute atomic E-state index is 0.00469. The number of benzene rings is 1. The summed E-state index contributed by atoms with van der Waals surface area (Å²) in [5.74, 6) is 0.0664. The third kappa shape index (κ3) is 4.39. The lowest BCUT2D eigenvalue weighted by molar-refractivity contribution is -0.125. The van der Waals surface area contributed by atoms with E-state index >= 15 is 0 Å². The number of rotatable bonds is 4. The molecule has 0 spiro atoms. The molecule has 1 aromatic heterocycles. The van der Waals surface area contributed by atoms with Gasteiger partial charge in [0.15, 0.2) is 0 Å². The highest BCUT2D eigenvalue weighted by Gasteiger charge is 2.25. The number of carbonyl (C=O) groups is 1. The first-order valence-corrected chi connectivity index (χ1v) is 8.71. The molecule has 3 rings (SSSR count). The second-order valence-corrected chi connectivity index (χ2v) is 6.72. The zero-order valence-electron chi connectivity index (χ0n) is 14.1. The molecule has 1 amide bonds. The van der Waals surface area contributed by atoms with E-state index in [2.05, 4.69) is 15.3 Å². The Morgan fingerprint density at radius 2 is 2.08 bits per heavy atom. The average Bonchev–Trinajstić information content (AvgIpc) is 2.62. The zero-order chi connectivity index (χ0) is 17.8. The molecule has 1 N–H and O–H groups in total. The normalized spacial score (nSPS) is 15.2. The van der Waals surface area contributed by atoms with Crippen molar-refractivity contribution in [2.45, 2.75) is 19.4 Å². The van der Waals surface area contributed by atoms with Crippen molar-refractivity contribution in [2.24, 2.45) is 13.0 Å².